The van der Waals surface area contributed by atoms with Crippen molar-refractivity contribution in [2.24, 2.45) is 0 Å². The zero-order valence-corrected chi connectivity index (χ0v) is 11.1. The number of aromatic hydroxyl groups is 1. The summed E-state index contributed by atoms with van der Waals surface area (Å²) >= 11 is 0. The van der Waals surface area contributed by atoms with Gasteiger partial charge < -0.3 is 5.11 Å². The highest BCUT2D eigenvalue weighted by atomic mass is 16.3. The van der Waals surface area contributed by atoms with Crippen molar-refractivity contribution in [3.8, 4) is 5.75 Å². The van der Waals surface area contributed by atoms with Crippen LogP contribution in [0, 0.1) is 0 Å². The summed E-state index contributed by atoms with van der Waals surface area (Å²) in [6.45, 7) is 4.39. The second kappa shape index (κ2) is 5.57. The average Bonchev–Trinajstić information content (AvgIpc) is 2.38. The highest BCUT2D eigenvalue weighted by Gasteiger charge is 2.21. The summed E-state index contributed by atoms with van der Waals surface area (Å²) < 4.78 is 0. The zero-order chi connectivity index (χ0) is 12.3. The minimum atomic E-state index is 0.443. The molecule has 1 aromatic rings. The van der Waals surface area contributed by atoms with Crippen LogP contribution >= 0.6 is 0 Å². The van der Waals surface area contributed by atoms with Crippen LogP contribution in [0.3, 0.4) is 0 Å². The van der Waals surface area contributed by atoms with Crippen molar-refractivity contribution in [2.45, 2.75) is 64.7 Å². The van der Waals surface area contributed by atoms with Gasteiger partial charge in [0.05, 0.1) is 0 Å². The molecule has 2 rings (SSSR count). The summed E-state index contributed by atoms with van der Waals surface area (Å²) in [5.74, 6) is 1.19. The second-order valence-electron chi connectivity index (χ2n) is 5.22. The van der Waals surface area contributed by atoms with Crippen molar-refractivity contribution in [1.29, 1.82) is 0 Å². The predicted octanol–water partition coefficient (Wildman–Crippen LogP) is 4.56. The number of rotatable bonds is 3. The van der Waals surface area contributed by atoms with Crippen LogP contribution in [0.4, 0.5) is 0 Å². The number of phenolic OH excluding ortho intramolecular Hbond substituents is 1. The molecule has 0 radical (unpaired) electrons. The molecule has 0 saturated heterocycles. The molecular weight excluding hydrogens is 208 g/mol. The van der Waals surface area contributed by atoms with Gasteiger partial charge in [-0.2, -0.15) is 0 Å². The molecule has 1 aliphatic rings. The SMILES string of the molecule is CCc1cc(O)cc(CC)c1C1CCCCC1. The van der Waals surface area contributed by atoms with E-state index in [2.05, 4.69) is 13.8 Å². The third-order valence-corrected chi connectivity index (χ3v) is 4.11. The van der Waals surface area contributed by atoms with Crippen LogP contribution in [-0.4, -0.2) is 5.11 Å². The molecular formula is C16H24O. The third-order valence-electron chi connectivity index (χ3n) is 4.11. The molecule has 94 valence electrons. The first kappa shape index (κ1) is 12.5. The fraction of sp³-hybridized carbons (Fsp3) is 0.625. The van der Waals surface area contributed by atoms with E-state index in [1.54, 1.807) is 5.56 Å². The number of hydrogen-bond acceptors (Lipinski definition) is 1. The normalized spacial score (nSPS) is 17.3. The Labute approximate surface area is 105 Å². The third kappa shape index (κ3) is 2.65. The molecule has 1 aromatic carbocycles. The van der Waals surface area contributed by atoms with Crippen LogP contribution in [0.5, 0.6) is 5.75 Å². The van der Waals surface area contributed by atoms with Crippen LogP contribution in [0.15, 0.2) is 12.1 Å². The van der Waals surface area contributed by atoms with Gasteiger partial charge in [0.2, 0.25) is 0 Å². The van der Waals surface area contributed by atoms with Gasteiger partial charge in [0.1, 0.15) is 5.75 Å². The smallest absolute Gasteiger partial charge is 0.116 e. The van der Waals surface area contributed by atoms with E-state index in [0.29, 0.717) is 5.75 Å². The van der Waals surface area contributed by atoms with Gasteiger partial charge in [-0.05, 0) is 60.4 Å². The summed E-state index contributed by atoms with van der Waals surface area (Å²) in [5.41, 5.74) is 4.30. The highest BCUT2D eigenvalue weighted by molar-refractivity contribution is 5.44. The molecule has 0 atom stereocenters. The molecule has 0 unspecified atom stereocenters. The van der Waals surface area contributed by atoms with Crippen LogP contribution in [0.2, 0.25) is 0 Å². The van der Waals surface area contributed by atoms with E-state index < -0.39 is 0 Å². The fourth-order valence-electron chi connectivity index (χ4n) is 3.26. The Morgan fingerprint density at radius 3 is 2.00 bits per heavy atom. The minimum absolute atomic E-state index is 0.443. The summed E-state index contributed by atoms with van der Waals surface area (Å²) in [7, 11) is 0. The van der Waals surface area contributed by atoms with Crippen molar-refractivity contribution in [2.75, 3.05) is 0 Å². The summed E-state index contributed by atoms with van der Waals surface area (Å²) in [4.78, 5) is 0. The molecule has 1 aliphatic carbocycles. The molecule has 1 nitrogen and oxygen atoms in total. The quantitative estimate of drug-likeness (QED) is 0.809. The first-order chi connectivity index (χ1) is 8.26. The standard InChI is InChI=1S/C16H24O/c1-3-12-10-15(17)11-13(4-2)16(12)14-8-6-5-7-9-14/h10-11,14,17H,3-9H2,1-2H3. The van der Waals surface area contributed by atoms with Gasteiger partial charge in [-0.3, -0.25) is 0 Å². The van der Waals surface area contributed by atoms with E-state index >= 15 is 0 Å². The Morgan fingerprint density at radius 2 is 1.53 bits per heavy atom. The van der Waals surface area contributed by atoms with Crippen LogP contribution in [0.25, 0.3) is 0 Å². The van der Waals surface area contributed by atoms with E-state index in [0.717, 1.165) is 18.8 Å². The van der Waals surface area contributed by atoms with E-state index in [9.17, 15) is 5.11 Å². The van der Waals surface area contributed by atoms with E-state index in [-0.39, 0.29) is 0 Å². The Hall–Kier alpha value is -0.980. The second-order valence-corrected chi connectivity index (χ2v) is 5.22. The first-order valence-electron chi connectivity index (χ1n) is 7.10. The van der Waals surface area contributed by atoms with Gasteiger partial charge >= 0.3 is 0 Å². The van der Waals surface area contributed by atoms with Crippen LogP contribution in [0.1, 0.15) is 68.6 Å². The molecule has 0 bridgehead atoms. The first-order valence-corrected chi connectivity index (χ1v) is 7.10. The lowest BCUT2D eigenvalue weighted by Gasteiger charge is -2.27. The van der Waals surface area contributed by atoms with Gasteiger partial charge in [0.15, 0.2) is 0 Å². The number of hydrogen-bond donors (Lipinski definition) is 1. The molecule has 1 heteroatoms. The summed E-state index contributed by atoms with van der Waals surface area (Å²) in [6, 6.07) is 3.95. The topological polar surface area (TPSA) is 20.2 Å². The minimum Gasteiger partial charge on any atom is -0.508 e. The molecule has 17 heavy (non-hydrogen) atoms. The molecule has 0 spiro atoms. The fourth-order valence-corrected chi connectivity index (χ4v) is 3.26. The lowest BCUT2D eigenvalue weighted by atomic mass is 9.79. The zero-order valence-electron chi connectivity index (χ0n) is 11.1. The molecule has 0 heterocycles. The van der Waals surface area contributed by atoms with Gasteiger partial charge in [-0.25, -0.2) is 0 Å². The van der Waals surface area contributed by atoms with Crippen molar-refractivity contribution < 1.29 is 5.11 Å². The van der Waals surface area contributed by atoms with E-state index in [4.69, 9.17) is 0 Å². The van der Waals surface area contributed by atoms with Crippen LogP contribution < -0.4 is 0 Å². The van der Waals surface area contributed by atoms with Crippen molar-refractivity contribution in [3.63, 3.8) is 0 Å². The summed E-state index contributed by atoms with van der Waals surface area (Å²) in [6.07, 6.45) is 8.89. The maximum Gasteiger partial charge on any atom is 0.116 e. The molecule has 0 aromatic heterocycles. The lowest BCUT2D eigenvalue weighted by molar-refractivity contribution is 0.437. The Kier molecular flexibility index (Phi) is 4.09. The maximum atomic E-state index is 9.78. The van der Waals surface area contributed by atoms with Crippen LogP contribution in [-0.2, 0) is 12.8 Å². The maximum absolute atomic E-state index is 9.78. The molecule has 1 fully saturated rings. The summed E-state index contributed by atoms with van der Waals surface area (Å²) in [5, 5.41) is 9.78. The Bertz CT molecular complexity index is 350. The Balaban J connectivity index is 2.41. The highest BCUT2D eigenvalue weighted by Crippen LogP contribution is 2.38. The number of benzene rings is 1. The largest absolute Gasteiger partial charge is 0.508 e. The van der Waals surface area contributed by atoms with Gasteiger partial charge in [-0.15, -0.1) is 0 Å². The van der Waals surface area contributed by atoms with Gasteiger partial charge in [-0.1, -0.05) is 33.1 Å². The lowest BCUT2D eigenvalue weighted by Crippen LogP contribution is -2.10. The molecule has 1 N–H and O–H groups in total. The van der Waals surface area contributed by atoms with E-state index in [1.165, 1.54) is 43.2 Å². The van der Waals surface area contributed by atoms with Gasteiger partial charge in [0, 0.05) is 0 Å². The van der Waals surface area contributed by atoms with Crippen molar-refractivity contribution in [1.82, 2.24) is 0 Å². The van der Waals surface area contributed by atoms with Gasteiger partial charge in [0.25, 0.3) is 0 Å². The monoisotopic (exact) mass is 232 g/mol. The average molecular weight is 232 g/mol. The Morgan fingerprint density at radius 1 is 1.00 bits per heavy atom. The molecule has 1 saturated carbocycles. The molecule has 0 amide bonds. The van der Waals surface area contributed by atoms with Crippen molar-refractivity contribution in [3.05, 3.63) is 28.8 Å². The van der Waals surface area contributed by atoms with Crippen molar-refractivity contribution >= 4 is 0 Å². The number of phenols is 1. The molecule has 0 aliphatic heterocycles. The predicted molar refractivity (Wildman–Crippen MR) is 72.7 cm³/mol. The van der Waals surface area contributed by atoms with E-state index in [1.807, 2.05) is 12.1 Å². The number of aryl methyl sites for hydroxylation is 2.